The highest BCUT2D eigenvalue weighted by atomic mass is 16.5. The lowest BCUT2D eigenvalue weighted by Gasteiger charge is -2.23. The van der Waals surface area contributed by atoms with Crippen LogP contribution in [0.4, 0.5) is 0 Å². The van der Waals surface area contributed by atoms with Crippen molar-refractivity contribution in [2.75, 3.05) is 13.2 Å². The molecule has 0 bridgehead atoms. The van der Waals surface area contributed by atoms with E-state index in [4.69, 9.17) is 9.47 Å². The molecule has 1 fully saturated rings. The Morgan fingerprint density at radius 2 is 2.00 bits per heavy atom. The minimum Gasteiger partial charge on any atom is -0.438 e. The Bertz CT molecular complexity index is 610. The highest BCUT2D eigenvalue weighted by molar-refractivity contribution is 5.37. The number of ether oxygens (including phenoxy) is 2. The van der Waals surface area contributed by atoms with Gasteiger partial charge in [0.25, 0.3) is 0 Å². The fourth-order valence-electron chi connectivity index (χ4n) is 2.58. The van der Waals surface area contributed by atoms with Gasteiger partial charge >= 0.3 is 0 Å². The van der Waals surface area contributed by atoms with E-state index in [-0.39, 0.29) is 0 Å². The quantitative estimate of drug-likeness (QED) is 0.918. The van der Waals surface area contributed by atoms with E-state index in [9.17, 15) is 0 Å². The minimum atomic E-state index is 0.514. The molecule has 0 radical (unpaired) electrons. The number of para-hydroxylation sites is 1. The third-order valence-corrected chi connectivity index (χ3v) is 3.95. The maximum atomic E-state index is 6.00. The Labute approximate surface area is 131 Å². The van der Waals surface area contributed by atoms with Crippen molar-refractivity contribution in [3.63, 3.8) is 0 Å². The van der Waals surface area contributed by atoms with Crippen molar-refractivity contribution in [2.45, 2.75) is 32.4 Å². The summed E-state index contributed by atoms with van der Waals surface area (Å²) in [6.07, 6.45) is 3.90. The third-order valence-electron chi connectivity index (χ3n) is 3.95. The van der Waals surface area contributed by atoms with E-state index in [1.165, 1.54) is 0 Å². The van der Waals surface area contributed by atoms with Crippen molar-refractivity contribution in [1.82, 2.24) is 10.3 Å². The van der Waals surface area contributed by atoms with Gasteiger partial charge in [-0.15, -0.1) is 0 Å². The van der Waals surface area contributed by atoms with Crippen molar-refractivity contribution >= 4 is 0 Å². The summed E-state index contributed by atoms with van der Waals surface area (Å²) in [5.74, 6) is 1.53. The van der Waals surface area contributed by atoms with Gasteiger partial charge in [0, 0.05) is 37.6 Å². The van der Waals surface area contributed by atoms with Crippen molar-refractivity contribution in [1.29, 1.82) is 0 Å². The molecule has 116 valence electrons. The summed E-state index contributed by atoms with van der Waals surface area (Å²) in [5.41, 5.74) is 2.19. The largest absolute Gasteiger partial charge is 0.438 e. The first-order valence-corrected chi connectivity index (χ1v) is 7.81. The second-order valence-electron chi connectivity index (χ2n) is 5.60. The lowest BCUT2D eigenvalue weighted by molar-refractivity contribution is 0.0775. The van der Waals surface area contributed by atoms with Gasteiger partial charge in [0.05, 0.1) is 0 Å². The monoisotopic (exact) mass is 298 g/mol. The number of benzene rings is 1. The molecule has 1 saturated heterocycles. The zero-order chi connectivity index (χ0) is 15.2. The molecule has 0 spiro atoms. The SMILES string of the molecule is Cc1ccccc1Oc1ncccc1CNC1CCOCC1. The molecule has 2 heterocycles. The number of hydrogen-bond donors (Lipinski definition) is 1. The van der Waals surface area contributed by atoms with Crippen LogP contribution >= 0.6 is 0 Å². The van der Waals surface area contributed by atoms with Gasteiger partial charge in [0.2, 0.25) is 5.88 Å². The number of hydrogen-bond acceptors (Lipinski definition) is 4. The molecule has 1 aliphatic heterocycles. The number of aromatic nitrogens is 1. The van der Waals surface area contributed by atoms with Crippen LogP contribution in [0.2, 0.25) is 0 Å². The number of pyridine rings is 1. The lowest BCUT2D eigenvalue weighted by Crippen LogP contribution is -2.34. The maximum absolute atomic E-state index is 6.00. The second-order valence-corrected chi connectivity index (χ2v) is 5.60. The topological polar surface area (TPSA) is 43.4 Å². The average molecular weight is 298 g/mol. The molecular formula is C18H22N2O2. The molecule has 0 saturated carbocycles. The maximum Gasteiger partial charge on any atom is 0.223 e. The van der Waals surface area contributed by atoms with Gasteiger partial charge in [0.1, 0.15) is 5.75 Å². The minimum absolute atomic E-state index is 0.514. The van der Waals surface area contributed by atoms with Gasteiger partial charge in [-0.3, -0.25) is 0 Å². The Morgan fingerprint density at radius 3 is 2.82 bits per heavy atom. The summed E-state index contributed by atoms with van der Waals surface area (Å²) in [4.78, 5) is 4.39. The van der Waals surface area contributed by atoms with Crippen molar-refractivity contribution in [2.24, 2.45) is 0 Å². The van der Waals surface area contributed by atoms with E-state index in [2.05, 4.69) is 16.4 Å². The molecule has 4 heteroatoms. The Balaban J connectivity index is 1.68. The van der Waals surface area contributed by atoms with Crippen LogP contribution in [0.5, 0.6) is 11.6 Å². The summed E-state index contributed by atoms with van der Waals surface area (Å²) in [6, 6.07) is 12.5. The second kappa shape index (κ2) is 7.38. The molecule has 2 aromatic rings. The number of aryl methyl sites for hydroxylation is 1. The highest BCUT2D eigenvalue weighted by Gasteiger charge is 2.14. The molecule has 0 aliphatic carbocycles. The van der Waals surface area contributed by atoms with E-state index >= 15 is 0 Å². The first-order chi connectivity index (χ1) is 10.8. The van der Waals surface area contributed by atoms with E-state index in [0.717, 1.165) is 49.5 Å². The molecule has 1 aliphatic rings. The van der Waals surface area contributed by atoms with Crippen LogP contribution in [0.1, 0.15) is 24.0 Å². The first kappa shape index (κ1) is 15.0. The highest BCUT2D eigenvalue weighted by Crippen LogP contribution is 2.25. The van der Waals surface area contributed by atoms with Crippen LogP contribution in [0.3, 0.4) is 0 Å². The predicted octanol–water partition coefficient (Wildman–Crippen LogP) is 3.45. The van der Waals surface area contributed by atoms with Crippen molar-refractivity contribution in [3.8, 4) is 11.6 Å². The van der Waals surface area contributed by atoms with E-state index in [0.29, 0.717) is 11.9 Å². The molecular weight excluding hydrogens is 276 g/mol. The summed E-state index contributed by atoms with van der Waals surface area (Å²) in [6.45, 7) is 4.49. The van der Waals surface area contributed by atoms with Gasteiger partial charge in [0.15, 0.2) is 0 Å². The average Bonchev–Trinajstić information content (AvgIpc) is 2.57. The van der Waals surface area contributed by atoms with Crippen LogP contribution in [0.15, 0.2) is 42.6 Å². The van der Waals surface area contributed by atoms with Gasteiger partial charge in [-0.25, -0.2) is 4.98 Å². The summed E-state index contributed by atoms with van der Waals surface area (Å²) in [7, 11) is 0. The summed E-state index contributed by atoms with van der Waals surface area (Å²) < 4.78 is 11.4. The van der Waals surface area contributed by atoms with Gasteiger partial charge in [-0.05, 0) is 37.5 Å². The van der Waals surface area contributed by atoms with Crippen LogP contribution in [-0.4, -0.2) is 24.2 Å². The standard InChI is InChI=1S/C18H22N2O2/c1-14-5-2-3-7-17(14)22-18-15(6-4-10-19-18)13-20-16-8-11-21-12-9-16/h2-7,10,16,20H,8-9,11-13H2,1H3. The lowest BCUT2D eigenvalue weighted by atomic mass is 10.1. The summed E-state index contributed by atoms with van der Waals surface area (Å²) >= 11 is 0. The zero-order valence-corrected chi connectivity index (χ0v) is 12.9. The van der Waals surface area contributed by atoms with Crippen LogP contribution in [0, 0.1) is 6.92 Å². The van der Waals surface area contributed by atoms with E-state index < -0.39 is 0 Å². The van der Waals surface area contributed by atoms with E-state index in [1.54, 1.807) is 6.20 Å². The molecule has 22 heavy (non-hydrogen) atoms. The fraction of sp³-hybridized carbons (Fsp3) is 0.389. The van der Waals surface area contributed by atoms with Gasteiger partial charge < -0.3 is 14.8 Å². The van der Waals surface area contributed by atoms with Gasteiger partial charge in [-0.1, -0.05) is 24.3 Å². The van der Waals surface area contributed by atoms with Crippen molar-refractivity contribution < 1.29 is 9.47 Å². The molecule has 0 atom stereocenters. The zero-order valence-electron chi connectivity index (χ0n) is 12.9. The molecule has 1 aromatic carbocycles. The van der Waals surface area contributed by atoms with Crippen LogP contribution in [-0.2, 0) is 11.3 Å². The van der Waals surface area contributed by atoms with Gasteiger partial charge in [-0.2, -0.15) is 0 Å². The number of nitrogens with zero attached hydrogens (tertiary/aromatic N) is 1. The van der Waals surface area contributed by atoms with E-state index in [1.807, 2.05) is 37.3 Å². The normalized spacial score (nSPS) is 15.7. The Kier molecular flexibility index (Phi) is 5.03. The number of nitrogens with one attached hydrogen (secondary N) is 1. The van der Waals surface area contributed by atoms with Crippen molar-refractivity contribution in [3.05, 3.63) is 53.7 Å². The third kappa shape index (κ3) is 3.84. The molecule has 4 nitrogen and oxygen atoms in total. The smallest absolute Gasteiger partial charge is 0.223 e. The molecule has 1 aromatic heterocycles. The Morgan fingerprint density at radius 1 is 1.18 bits per heavy atom. The number of rotatable bonds is 5. The summed E-state index contributed by atoms with van der Waals surface area (Å²) in [5, 5.41) is 3.58. The Hall–Kier alpha value is -1.91. The molecule has 0 unspecified atom stereocenters. The molecule has 3 rings (SSSR count). The molecule has 1 N–H and O–H groups in total. The molecule has 0 amide bonds. The fourth-order valence-corrected chi connectivity index (χ4v) is 2.58. The first-order valence-electron chi connectivity index (χ1n) is 7.81. The predicted molar refractivity (Wildman–Crippen MR) is 86.2 cm³/mol. The van der Waals surface area contributed by atoms with Crippen LogP contribution < -0.4 is 10.1 Å². The van der Waals surface area contributed by atoms with Crippen LogP contribution in [0.25, 0.3) is 0 Å².